The number of aryl methyl sites for hydroxylation is 2. The lowest BCUT2D eigenvalue weighted by Crippen LogP contribution is -2.45. The molecule has 214 valence electrons. The van der Waals surface area contributed by atoms with Crippen LogP contribution in [0.4, 0.5) is 0 Å². The predicted octanol–water partition coefficient (Wildman–Crippen LogP) is 2.67. The number of nitriles is 1. The Kier molecular flexibility index (Phi) is 5.99. The lowest BCUT2D eigenvalue weighted by Gasteiger charge is -2.38. The van der Waals surface area contributed by atoms with Gasteiger partial charge in [0.2, 0.25) is 5.91 Å². The quantitative estimate of drug-likeness (QED) is 0.310. The van der Waals surface area contributed by atoms with Crippen LogP contribution in [0.2, 0.25) is 0 Å². The van der Waals surface area contributed by atoms with E-state index in [9.17, 15) is 10.1 Å². The molecule has 4 atom stereocenters. The second kappa shape index (κ2) is 9.53. The van der Waals surface area contributed by atoms with Gasteiger partial charge in [-0.3, -0.25) is 4.79 Å². The predicted molar refractivity (Wildman–Crippen MR) is 158 cm³/mol. The Morgan fingerprint density at radius 1 is 1.10 bits per heavy atom. The first-order chi connectivity index (χ1) is 20.2. The normalized spacial score (nSPS) is 26.3. The highest BCUT2D eigenvalue weighted by atomic mass is 16.1. The Labute approximate surface area is 244 Å². The number of piperidine rings is 1. The molecule has 1 saturated heterocycles. The molecule has 1 amide bonds. The number of hydrogen-bond acceptors (Lipinski definition) is 8. The Bertz CT molecular complexity index is 1580. The third kappa shape index (κ3) is 4.19. The summed E-state index contributed by atoms with van der Waals surface area (Å²) in [5.74, 6) is 0.747. The molecule has 2 heterocycles. The number of aromatic nitrogens is 4. The van der Waals surface area contributed by atoms with Crippen LogP contribution in [0.15, 0.2) is 55.3 Å². The summed E-state index contributed by atoms with van der Waals surface area (Å²) < 4.78 is 0. The van der Waals surface area contributed by atoms with Crippen molar-refractivity contribution in [3.63, 3.8) is 0 Å². The molecular formula is C32H35N9O. The Morgan fingerprint density at radius 2 is 1.79 bits per heavy atom. The van der Waals surface area contributed by atoms with Crippen LogP contribution < -0.4 is 16.8 Å². The number of nitrogens with two attached hydrogens (primary N) is 2. The van der Waals surface area contributed by atoms with E-state index in [2.05, 4.69) is 62.2 Å². The van der Waals surface area contributed by atoms with Gasteiger partial charge in [0, 0.05) is 35.1 Å². The van der Waals surface area contributed by atoms with Crippen molar-refractivity contribution < 1.29 is 4.79 Å². The van der Waals surface area contributed by atoms with E-state index in [0.29, 0.717) is 48.4 Å². The van der Waals surface area contributed by atoms with Crippen LogP contribution in [0.3, 0.4) is 0 Å². The van der Waals surface area contributed by atoms with E-state index in [1.54, 1.807) is 6.07 Å². The highest BCUT2D eigenvalue weighted by molar-refractivity contribution is 5.93. The van der Waals surface area contributed by atoms with Gasteiger partial charge in [0.1, 0.15) is 6.04 Å². The van der Waals surface area contributed by atoms with E-state index < -0.39 is 11.3 Å². The SMILES string of the molecule is C=C(N)c1ccc2c(c1)CCc1cc(C(N)=O)ccc1C2(CC1(NCC(=C)N2C(C#N)C[C@@H]3C[C@@H]32)CC1)c1nn[nH]n1. The van der Waals surface area contributed by atoms with E-state index in [4.69, 9.17) is 11.5 Å². The standard InChI is InChI=1S/C32H35N9O/c1-18(41-25(15-33)13-24-14-28(24)41)16-36-31(9-10-31)17-32(30-37-39-40-38-30)26-7-5-20(19(2)34)11-21(26)3-4-22-12-23(29(35)42)6-8-27(22)32/h5-8,11-12,24-25,28,36H,1-4,9-10,13-14,16-17,34H2,(H2,35,42)(H,37,38,39,40)/t24-,25?,28+,32?/m1/s1. The van der Waals surface area contributed by atoms with E-state index in [1.165, 1.54) is 0 Å². The number of carbonyl (C=O) groups is 1. The van der Waals surface area contributed by atoms with Crippen LogP contribution in [-0.2, 0) is 18.3 Å². The molecule has 10 nitrogen and oxygen atoms in total. The van der Waals surface area contributed by atoms with Crippen molar-refractivity contribution in [3.8, 4) is 6.07 Å². The maximum absolute atomic E-state index is 12.2. The lowest BCUT2D eigenvalue weighted by atomic mass is 9.67. The second-order valence-corrected chi connectivity index (χ2v) is 12.5. The van der Waals surface area contributed by atoms with Crippen molar-refractivity contribution in [2.24, 2.45) is 17.4 Å². The summed E-state index contributed by atoms with van der Waals surface area (Å²) in [5, 5.41) is 29.5. The molecule has 3 fully saturated rings. The topological polar surface area (TPSA) is 163 Å². The maximum Gasteiger partial charge on any atom is 0.248 e. The van der Waals surface area contributed by atoms with Crippen LogP contribution >= 0.6 is 0 Å². The van der Waals surface area contributed by atoms with Gasteiger partial charge >= 0.3 is 0 Å². The third-order valence-corrected chi connectivity index (χ3v) is 9.92. The average Bonchev–Trinajstić information content (AvgIpc) is 3.83. The van der Waals surface area contributed by atoms with E-state index in [1.807, 2.05) is 18.2 Å². The van der Waals surface area contributed by atoms with Gasteiger partial charge in [-0.25, -0.2) is 0 Å². The minimum absolute atomic E-state index is 0.0876. The fourth-order valence-electron chi connectivity index (χ4n) is 7.54. The van der Waals surface area contributed by atoms with Gasteiger partial charge in [0.15, 0.2) is 5.82 Å². The van der Waals surface area contributed by atoms with E-state index >= 15 is 0 Å². The van der Waals surface area contributed by atoms with Gasteiger partial charge in [-0.05, 0) is 96.9 Å². The number of hydrogen-bond donors (Lipinski definition) is 4. The Morgan fingerprint density at radius 3 is 2.38 bits per heavy atom. The van der Waals surface area contributed by atoms with E-state index in [-0.39, 0.29) is 11.6 Å². The number of rotatable bonds is 9. The molecule has 42 heavy (non-hydrogen) atoms. The molecular weight excluding hydrogens is 526 g/mol. The van der Waals surface area contributed by atoms with Crippen molar-refractivity contribution in [1.82, 2.24) is 30.8 Å². The van der Waals surface area contributed by atoms with Crippen molar-refractivity contribution in [2.45, 2.75) is 68.0 Å². The molecule has 7 rings (SSSR count). The zero-order chi connectivity index (χ0) is 29.2. The number of carbonyl (C=O) groups excluding carboxylic acids is 1. The summed E-state index contributed by atoms with van der Waals surface area (Å²) in [7, 11) is 0. The van der Waals surface area contributed by atoms with Crippen molar-refractivity contribution in [3.05, 3.63) is 94.5 Å². The average molecular weight is 562 g/mol. The first-order valence-electron chi connectivity index (χ1n) is 14.6. The number of amides is 1. The van der Waals surface area contributed by atoms with E-state index in [0.717, 1.165) is 65.6 Å². The Balaban J connectivity index is 1.31. The van der Waals surface area contributed by atoms with Crippen molar-refractivity contribution in [1.29, 1.82) is 5.26 Å². The molecule has 2 saturated carbocycles. The first kappa shape index (κ1) is 26.4. The van der Waals surface area contributed by atoms with Gasteiger partial charge in [0.25, 0.3) is 0 Å². The van der Waals surface area contributed by atoms with Gasteiger partial charge in [-0.2, -0.15) is 10.5 Å². The summed E-state index contributed by atoms with van der Waals surface area (Å²) in [6.07, 6.45) is 6.19. The summed E-state index contributed by atoms with van der Waals surface area (Å²) in [6, 6.07) is 14.8. The molecule has 3 aromatic rings. The van der Waals surface area contributed by atoms with Crippen LogP contribution in [-0.4, -0.2) is 55.6 Å². The molecule has 3 aliphatic carbocycles. The molecule has 6 N–H and O–H groups in total. The largest absolute Gasteiger partial charge is 0.399 e. The number of fused-ring (bicyclic) bond motifs is 3. The van der Waals surface area contributed by atoms with Crippen molar-refractivity contribution in [2.75, 3.05) is 6.54 Å². The molecule has 0 radical (unpaired) electrons. The Hall–Kier alpha value is -4.49. The highest BCUT2D eigenvalue weighted by Crippen LogP contribution is 2.54. The molecule has 1 aromatic heterocycles. The summed E-state index contributed by atoms with van der Waals surface area (Å²) in [4.78, 5) is 14.4. The molecule has 0 spiro atoms. The molecule has 4 aliphatic rings. The molecule has 2 unspecified atom stereocenters. The van der Waals surface area contributed by atoms with Gasteiger partial charge in [-0.1, -0.05) is 36.6 Å². The minimum atomic E-state index is -0.756. The number of nitrogens with zero attached hydrogens (tertiary/aromatic N) is 5. The highest BCUT2D eigenvalue weighted by Gasteiger charge is 2.56. The summed E-state index contributed by atoms with van der Waals surface area (Å²) >= 11 is 0. The molecule has 2 aromatic carbocycles. The number of primary amides is 1. The number of aromatic amines is 1. The number of benzene rings is 2. The number of nitrogens with one attached hydrogen (secondary N) is 2. The smallest absolute Gasteiger partial charge is 0.248 e. The fraction of sp³-hybridized carbons (Fsp3) is 0.406. The van der Waals surface area contributed by atoms with Gasteiger partial charge in [-0.15, -0.1) is 10.2 Å². The summed E-state index contributed by atoms with van der Waals surface area (Å²) in [5.41, 5.74) is 18.0. The molecule has 1 aliphatic heterocycles. The van der Waals surface area contributed by atoms with Gasteiger partial charge < -0.3 is 21.7 Å². The van der Waals surface area contributed by atoms with Crippen LogP contribution in [0.1, 0.15) is 76.1 Å². The maximum atomic E-state index is 12.2. The zero-order valence-corrected chi connectivity index (χ0v) is 23.6. The molecule has 10 heteroatoms. The minimum Gasteiger partial charge on any atom is -0.399 e. The zero-order valence-electron chi connectivity index (χ0n) is 23.6. The van der Waals surface area contributed by atoms with Crippen LogP contribution in [0, 0.1) is 17.2 Å². The fourth-order valence-corrected chi connectivity index (χ4v) is 7.54. The number of likely N-dealkylation sites (tertiary alicyclic amines) is 1. The third-order valence-electron chi connectivity index (χ3n) is 9.92. The number of H-pyrrole nitrogens is 1. The summed E-state index contributed by atoms with van der Waals surface area (Å²) in [6.45, 7) is 8.97. The van der Waals surface area contributed by atoms with Crippen molar-refractivity contribution >= 4 is 11.6 Å². The van der Waals surface area contributed by atoms with Gasteiger partial charge in [0.05, 0.1) is 11.5 Å². The van der Waals surface area contributed by atoms with Crippen LogP contribution in [0.25, 0.3) is 5.70 Å². The monoisotopic (exact) mass is 561 g/mol. The first-order valence-corrected chi connectivity index (χ1v) is 14.6. The second-order valence-electron chi connectivity index (χ2n) is 12.5. The van der Waals surface area contributed by atoms with Crippen LogP contribution in [0.5, 0.6) is 0 Å². The lowest BCUT2D eigenvalue weighted by molar-refractivity contribution is 0.1000. The molecule has 0 bridgehead atoms. The number of tetrazole rings is 1.